The van der Waals surface area contributed by atoms with Crippen LogP contribution in [0.1, 0.15) is 42.2 Å². The molecule has 4 rings (SSSR count). The van der Waals surface area contributed by atoms with Crippen LogP contribution >= 0.6 is 0 Å². The van der Waals surface area contributed by atoms with Crippen LogP contribution in [0.25, 0.3) is 22.3 Å². The summed E-state index contributed by atoms with van der Waals surface area (Å²) < 4.78 is 1.89. The molecule has 2 aromatic heterocycles. The van der Waals surface area contributed by atoms with Gasteiger partial charge in [0, 0.05) is 24.7 Å². The summed E-state index contributed by atoms with van der Waals surface area (Å²) in [5, 5.41) is 5.33. The number of benzene rings is 1. The van der Waals surface area contributed by atoms with E-state index < -0.39 is 0 Å². The Hall–Kier alpha value is -2.73. The first-order chi connectivity index (χ1) is 13.5. The molecule has 28 heavy (non-hydrogen) atoms. The van der Waals surface area contributed by atoms with Gasteiger partial charge in [-0.3, -0.25) is 4.79 Å². The van der Waals surface area contributed by atoms with Crippen LogP contribution in [0.2, 0.25) is 0 Å². The van der Waals surface area contributed by atoms with Gasteiger partial charge < -0.3 is 10.6 Å². The number of amides is 1. The minimum atomic E-state index is 0.0430. The lowest BCUT2D eigenvalue weighted by Gasteiger charge is -2.18. The summed E-state index contributed by atoms with van der Waals surface area (Å²) in [5.74, 6) is 0.428. The molecule has 2 N–H and O–H groups in total. The van der Waals surface area contributed by atoms with E-state index in [1.165, 1.54) is 0 Å². The number of likely N-dealkylation sites (tertiary alicyclic amines) is 1. The number of nitrogens with two attached hydrogens (primary N) is 1. The number of aromatic nitrogens is 3. The first-order valence-corrected chi connectivity index (χ1v) is 9.93. The molecule has 0 aliphatic carbocycles. The molecule has 1 unspecified atom stereocenters. The highest BCUT2D eigenvalue weighted by Gasteiger charge is 2.28. The zero-order valence-electron chi connectivity index (χ0n) is 16.7. The first-order valence-electron chi connectivity index (χ1n) is 9.93. The van der Waals surface area contributed by atoms with E-state index in [4.69, 9.17) is 10.7 Å². The number of nitrogens with zero attached hydrogens (tertiary/aromatic N) is 4. The smallest absolute Gasteiger partial charge is 0.254 e. The van der Waals surface area contributed by atoms with Gasteiger partial charge in [0.05, 0.1) is 22.8 Å². The van der Waals surface area contributed by atoms with Gasteiger partial charge in [0.2, 0.25) is 0 Å². The van der Waals surface area contributed by atoms with Crippen LogP contribution in [0.4, 0.5) is 0 Å². The number of aryl methyl sites for hydroxylation is 1. The fraction of sp³-hybridized carbons (Fsp3) is 0.409. The van der Waals surface area contributed by atoms with Crippen molar-refractivity contribution in [1.29, 1.82) is 0 Å². The highest BCUT2D eigenvalue weighted by molar-refractivity contribution is 6.06. The quantitative estimate of drug-likeness (QED) is 0.756. The number of hydrogen-bond acceptors (Lipinski definition) is 4. The summed E-state index contributed by atoms with van der Waals surface area (Å²) in [6, 6.07) is 10.2. The second-order valence-corrected chi connectivity index (χ2v) is 7.93. The molecule has 6 heteroatoms. The van der Waals surface area contributed by atoms with E-state index in [1.807, 2.05) is 33.8 Å². The monoisotopic (exact) mass is 377 g/mol. The molecule has 0 bridgehead atoms. The summed E-state index contributed by atoms with van der Waals surface area (Å²) in [6.45, 7) is 8.30. The van der Waals surface area contributed by atoms with Crippen molar-refractivity contribution in [3.8, 4) is 11.3 Å². The fourth-order valence-corrected chi connectivity index (χ4v) is 3.95. The van der Waals surface area contributed by atoms with Crippen LogP contribution in [-0.2, 0) is 0 Å². The Balaban J connectivity index is 1.87. The van der Waals surface area contributed by atoms with Gasteiger partial charge in [-0.15, -0.1) is 0 Å². The van der Waals surface area contributed by atoms with Crippen LogP contribution in [0.3, 0.4) is 0 Å². The second kappa shape index (κ2) is 7.36. The van der Waals surface area contributed by atoms with Gasteiger partial charge in [-0.2, -0.15) is 5.10 Å². The molecule has 1 amide bonds. The van der Waals surface area contributed by atoms with Gasteiger partial charge in [0.25, 0.3) is 5.91 Å². The van der Waals surface area contributed by atoms with Gasteiger partial charge in [-0.25, -0.2) is 9.67 Å². The summed E-state index contributed by atoms with van der Waals surface area (Å²) in [6.07, 6.45) is 2.74. The summed E-state index contributed by atoms with van der Waals surface area (Å²) in [5.41, 5.74) is 10.2. The Morgan fingerprint density at radius 1 is 1.32 bits per heavy atom. The lowest BCUT2D eigenvalue weighted by molar-refractivity contribution is 0.0789. The molecule has 6 nitrogen and oxygen atoms in total. The van der Waals surface area contributed by atoms with Crippen molar-refractivity contribution in [2.45, 2.75) is 33.2 Å². The maximum atomic E-state index is 13.4. The molecule has 3 heterocycles. The van der Waals surface area contributed by atoms with Crippen molar-refractivity contribution in [2.24, 2.45) is 11.7 Å². The number of carbonyl (C=O) groups is 1. The lowest BCUT2D eigenvalue weighted by atomic mass is 10.0. The van der Waals surface area contributed by atoms with E-state index in [9.17, 15) is 4.79 Å². The van der Waals surface area contributed by atoms with Crippen LogP contribution in [0.15, 0.2) is 36.5 Å². The Morgan fingerprint density at radius 2 is 2.11 bits per heavy atom. The maximum absolute atomic E-state index is 13.4. The zero-order valence-corrected chi connectivity index (χ0v) is 16.7. The van der Waals surface area contributed by atoms with Gasteiger partial charge in [0.15, 0.2) is 5.65 Å². The molecule has 0 saturated carbocycles. The van der Waals surface area contributed by atoms with Crippen molar-refractivity contribution in [1.82, 2.24) is 19.7 Å². The number of hydrogen-bond donors (Lipinski definition) is 1. The van der Waals surface area contributed by atoms with Crippen molar-refractivity contribution in [2.75, 3.05) is 19.6 Å². The second-order valence-electron chi connectivity index (χ2n) is 7.93. The topological polar surface area (TPSA) is 77.0 Å². The normalized spacial score (nSPS) is 17.0. The Kier molecular flexibility index (Phi) is 4.89. The van der Waals surface area contributed by atoms with Crippen LogP contribution in [0.5, 0.6) is 0 Å². The molecule has 0 radical (unpaired) electrons. The first kappa shape index (κ1) is 18.6. The molecule has 1 saturated heterocycles. The molecule has 3 aromatic rings. The van der Waals surface area contributed by atoms with E-state index >= 15 is 0 Å². The number of carbonyl (C=O) groups excluding carboxylic acids is 1. The Morgan fingerprint density at radius 3 is 2.79 bits per heavy atom. The van der Waals surface area contributed by atoms with E-state index in [-0.39, 0.29) is 11.9 Å². The number of pyridine rings is 1. The van der Waals surface area contributed by atoms with Gasteiger partial charge in [0.1, 0.15) is 0 Å². The molecule has 146 valence electrons. The van der Waals surface area contributed by atoms with Gasteiger partial charge in [-0.05, 0) is 51.3 Å². The molecule has 1 aromatic carbocycles. The standard InChI is InChI=1S/C22H27N5O/c1-14(2)27-21-19(12-24-27)18(22(28)26-9-8-16(11-23)13-26)10-20(25-21)17-7-5-4-6-15(17)3/h4-7,10,12,14,16H,8-9,11,13,23H2,1-3H3. The van der Waals surface area contributed by atoms with Crippen molar-refractivity contribution in [3.05, 3.63) is 47.7 Å². The summed E-state index contributed by atoms with van der Waals surface area (Å²) in [4.78, 5) is 20.2. The third kappa shape index (κ3) is 3.18. The SMILES string of the molecule is Cc1ccccc1-c1cc(C(=O)N2CCC(CN)C2)c2cnn(C(C)C)c2n1. The number of fused-ring (bicyclic) bond motifs is 1. The van der Waals surface area contributed by atoms with Crippen molar-refractivity contribution < 1.29 is 4.79 Å². The predicted octanol–water partition coefficient (Wildman–Crippen LogP) is 3.41. The van der Waals surface area contributed by atoms with Crippen molar-refractivity contribution in [3.63, 3.8) is 0 Å². The van der Waals surface area contributed by atoms with E-state index in [0.29, 0.717) is 18.0 Å². The highest BCUT2D eigenvalue weighted by Crippen LogP contribution is 2.30. The van der Waals surface area contributed by atoms with Crippen LogP contribution in [-0.4, -0.2) is 45.2 Å². The van der Waals surface area contributed by atoms with Crippen LogP contribution in [0, 0.1) is 12.8 Å². The molecule has 1 aliphatic rings. The molecule has 0 spiro atoms. The van der Waals surface area contributed by atoms with Gasteiger partial charge >= 0.3 is 0 Å². The molecule has 1 aliphatic heterocycles. The lowest BCUT2D eigenvalue weighted by Crippen LogP contribution is -2.30. The molecule has 1 fully saturated rings. The number of rotatable bonds is 4. The maximum Gasteiger partial charge on any atom is 0.254 e. The third-order valence-corrected chi connectivity index (χ3v) is 5.61. The van der Waals surface area contributed by atoms with Crippen molar-refractivity contribution >= 4 is 16.9 Å². The Bertz CT molecular complexity index is 1020. The summed E-state index contributed by atoms with van der Waals surface area (Å²) >= 11 is 0. The highest BCUT2D eigenvalue weighted by atomic mass is 16.2. The average Bonchev–Trinajstić information content (AvgIpc) is 3.34. The summed E-state index contributed by atoms with van der Waals surface area (Å²) in [7, 11) is 0. The minimum absolute atomic E-state index is 0.0430. The van der Waals surface area contributed by atoms with E-state index in [1.54, 1.807) is 6.20 Å². The largest absolute Gasteiger partial charge is 0.338 e. The minimum Gasteiger partial charge on any atom is -0.338 e. The molecular weight excluding hydrogens is 350 g/mol. The average molecular weight is 377 g/mol. The zero-order chi connectivity index (χ0) is 19.8. The third-order valence-electron chi connectivity index (χ3n) is 5.61. The molecular formula is C22H27N5O. The molecule has 1 atom stereocenters. The predicted molar refractivity (Wildman–Crippen MR) is 111 cm³/mol. The van der Waals surface area contributed by atoms with E-state index in [0.717, 1.165) is 47.4 Å². The Labute approximate surface area is 165 Å². The van der Waals surface area contributed by atoms with E-state index in [2.05, 4.69) is 31.9 Å². The van der Waals surface area contributed by atoms with Gasteiger partial charge in [-0.1, -0.05) is 24.3 Å². The fourth-order valence-electron chi connectivity index (χ4n) is 3.95. The van der Waals surface area contributed by atoms with Crippen LogP contribution < -0.4 is 5.73 Å².